The Hall–Kier alpha value is -3.37. The fourth-order valence-corrected chi connectivity index (χ4v) is 5.41. The maximum atomic E-state index is 4.85. The summed E-state index contributed by atoms with van der Waals surface area (Å²) in [5, 5.41) is 3.73. The molecule has 4 heteroatoms. The fourth-order valence-electron chi connectivity index (χ4n) is 5.41. The van der Waals surface area contributed by atoms with E-state index >= 15 is 0 Å². The van der Waals surface area contributed by atoms with E-state index in [1.807, 2.05) is 0 Å². The van der Waals surface area contributed by atoms with E-state index < -0.39 is 0 Å². The lowest BCUT2D eigenvalue weighted by Gasteiger charge is -2.23. The zero-order chi connectivity index (χ0) is 22.9. The molecule has 0 atom stereocenters. The maximum Gasteiger partial charge on any atom is 0.109 e. The van der Waals surface area contributed by atoms with Gasteiger partial charge in [-0.3, -0.25) is 4.90 Å². The summed E-state index contributed by atoms with van der Waals surface area (Å²) in [7, 11) is 0. The number of rotatable bonds is 5. The first-order valence-electron chi connectivity index (χ1n) is 12.6. The summed E-state index contributed by atoms with van der Waals surface area (Å²) in [6.45, 7) is 6.30. The molecule has 2 aliphatic heterocycles. The first-order chi connectivity index (χ1) is 16.8. The highest BCUT2D eigenvalue weighted by Crippen LogP contribution is 2.32. The summed E-state index contributed by atoms with van der Waals surface area (Å²) in [4.78, 5) is 7.38. The van der Waals surface area contributed by atoms with Gasteiger partial charge in [-0.15, -0.1) is 0 Å². The molecule has 1 N–H and O–H groups in total. The van der Waals surface area contributed by atoms with E-state index in [-0.39, 0.29) is 0 Å². The molecule has 4 aromatic rings. The van der Waals surface area contributed by atoms with Gasteiger partial charge in [0.1, 0.15) is 5.82 Å². The Morgan fingerprint density at radius 3 is 2.29 bits per heavy atom. The molecule has 2 aliphatic rings. The van der Waals surface area contributed by atoms with Crippen molar-refractivity contribution in [2.24, 2.45) is 0 Å². The third kappa shape index (κ3) is 4.14. The maximum absolute atomic E-state index is 4.85. The molecular formula is C30H32N4. The lowest BCUT2D eigenvalue weighted by Crippen LogP contribution is -2.26. The highest BCUT2D eigenvalue weighted by atomic mass is 15.1. The Balaban J connectivity index is 1.23. The van der Waals surface area contributed by atoms with Gasteiger partial charge in [-0.25, -0.2) is 4.98 Å². The number of nitrogens with one attached hydrogen (secondary N) is 1. The van der Waals surface area contributed by atoms with Crippen molar-refractivity contribution in [1.82, 2.24) is 14.5 Å². The zero-order valence-electron chi connectivity index (χ0n) is 19.9. The average molecular weight is 449 g/mol. The van der Waals surface area contributed by atoms with E-state index in [1.54, 1.807) is 0 Å². The fraction of sp³-hybridized carbons (Fsp3) is 0.300. The number of fused-ring (bicyclic) bond motifs is 3. The van der Waals surface area contributed by atoms with Crippen molar-refractivity contribution < 1.29 is 0 Å². The minimum atomic E-state index is 0.859. The predicted molar refractivity (Wildman–Crippen MR) is 141 cm³/mol. The summed E-state index contributed by atoms with van der Waals surface area (Å²) >= 11 is 0. The number of anilines is 2. The molecule has 3 aromatic carbocycles. The molecule has 0 saturated heterocycles. The first kappa shape index (κ1) is 21.2. The minimum absolute atomic E-state index is 0.859. The summed E-state index contributed by atoms with van der Waals surface area (Å²) in [6.07, 6.45) is 8.82. The van der Waals surface area contributed by atoms with Crippen molar-refractivity contribution in [3.8, 4) is 0 Å². The van der Waals surface area contributed by atoms with E-state index in [4.69, 9.17) is 4.98 Å². The van der Waals surface area contributed by atoms with Crippen molar-refractivity contribution in [3.63, 3.8) is 0 Å². The van der Waals surface area contributed by atoms with Crippen molar-refractivity contribution in [1.29, 1.82) is 0 Å². The van der Waals surface area contributed by atoms with Crippen LogP contribution in [0.3, 0.4) is 0 Å². The number of hydrogen-bond acceptors (Lipinski definition) is 3. The van der Waals surface area contributed by atoms with Crippen LogP contribution in [0.25, 0.3) is 11.0 Å². The van der Waals surface area contributed by atoms with Gasteiger partial charge >= 0.3 is 0 Å². The van der Waals surface area contributed by atoms with Crippen molar-refractivity contribution in [2.45, 2.75) is 45.7 Å². The van der Waals surface area contributed by atoms with Crippen LogP contribution >= 0.6 is 0 Å². The quantitative estimate of drug-likeness (QED) is 0.366. The normalized spacial score (nSPS) is 15.6. The number of imidazole rings is 1. The van der Waals surface area contributed by atoms with Gasteiger partial charge in [0, 0.05) is 44.0 Å². The van der Waals surface area contributed by atoms with Gasteiger partial charge in [-0.05, 0) is 65.8 Å². The van der Waals surface area contributed by atoms with Crippen LogP contribution in [0.15, 0.2) is 72.8 Å². The summed E-state index contributed by atoms with van der Waals surface area (Å²) in [5.41, 5.74) is 10.4. The standard InChI is InChI=1S/C30H32N4/c1-2-30-32-28-8-4-5-9-29(28)34(30)21-23-11-15-27-25(19-23)13-12-24-18-22(10-14-26(24)31-27)20-33-16-6-3-7-17-33/h3-6,8-11,14-15,18-19,31H,2,7,12-13,16-17,20-21H2,1H3. The van der Waals surface area contributed by atoms with Crippen molar-refractivity contribution >= 4 is 22.4 Å². The third-order valence-electron chi connectivity index (χ3n) is 7.21. The van der Waals surface area contributed by atoms with Crippen molar-refractivity contribution in [2.75, 3.05) is 18.4 Å². The molecule has 0 bridgehead atoms. The molecule has 1 aromatic heterocycles. The molecule has 3 heterocycles. The van der Waals surface area contributed by atoms with Crippen LogP contribution in [-0.4, -0.2) is 27.5 Å². The molecule has 172 valence electrons. The second kappa shape index (κ2) is 9.11. The van der Waals surface area contributed by atoms with E-state index in [0.717, 1.165) is 56.8 Å². The molecule has 0 fully saturated rings. The van der Waals surface area contributed by atoms with Gasteiger partial charge in [0.2, 0.25) is 0 Å². The van der Waals surface area contributed by atoms with Gasteiger partial charge < -0.3 is 9.88 Å². The second-order valence-electron chi connectivity index (χ2n) is 9.56. The Morgan fingerprint density at radius 1 is 0.853 bits per heavy atom. The van der Waals surface area contributed by atoms with Crippen LogP contribution in [0.5, 0.6) is 0 Å². The van der Waals surface area contributed by atoms with Crippen LogP contribution in [0.4, 0.5) is 11.4 Å². The number of para-hydroxylation sites is 2. The Bertz CT molecular complexity index is 1360. The number of aryl methyl sites for hydroxylation is 3. The van der Waals surface area contributed by atoms with E-state index in [1.165, 1.54) is 45.6 Å². The van der Waals surface area contributed by atoms with Crippen molar-refractivity contribution in [3.05, 3.63) is 101 Å². The number of nitrogens with zero attached hydrogens (tertiary/aromatic N) is 3. The smallest absolute Gasteiger partial charge is 0.109 e. The zero-order valence-corrected chi connectivity index (χ0v) is 19.9. The first-order valence-corrected chi connectivity index (χ1v) is 12.6. The molecule has 4 nitrogen and oxygen atoms in total. The second-order valence-corrected chi connectivity index (χ2v) is 9.56. The molecule has 34 heavy (non-hydrogen) atoms. The van der Waals surface area contributed by atoms with Crippen LogP contribution in [-0.2, 0) is 32.4 Å². The van der Waals surface area contributed by atoms with Gasteiger partial charge in [0.05, 0.1) is 11.0 Å². The minimum Gasteiger partial charge on any atom is -0.355 e. The third-order valence-corrected chi connectivity index (χ3v) is 7.21. The highest BCUT2D eigenvalue weighted by molar-refractivity contribution is 5.76. The molecule has 0 spiro atoms. The predicted octanol–water partition coefficient (Wildman–Crippen LogP) is 6.25. The topological polar surface area (TPSA) is 33.1 Å². The van der Waals surface area contributed by atoms with Gasteiger partial charge in [-0.1, -0.05) is 55.5 Å². The lowest BCUT2D eigenvalue weighted by molar-refractivity contribution is 0.290. The lowest BCUT2D eigenvalue weighted by atomic mass is 10.0. The molecule has 0 aliphatic carbocycles. The number of hydrogen-bond donors (Lipinski definition) is 1. The largest absolute Gasteiger partial charge is 0.355 e. The molecule has 0 saturated carbocycles. The summed E-state index contributed by atoms with van der Waals surface area (Å²) in [6, 6.07) is 22.4. The molecule has 0 amide bonds. The van der Waals surface area contributed by atoms with Gasteiger partial charge in [0.15, 0.2) is 0 Å². The monoisotopic (exact) mass is 448 g/mol. The summed E-state index contributed by atoms with van der Waals surface area (Å²) < 4.78 is 2.37. The Morgan fingerprint density at radius 2 is 1.59 bits per heavy atom. The van der Waals surface area contributed by atoms with E-state index in [9.17, 15) is 0 Å². The Labute approximate surface area is 201 Å². The molecule has 0 radical (unpaired) electrons. The average Bonchev–Trinajstić information content (AvgIpc) is 3.12. The van der Waals surface area contributed by atoms with Crippen LogP contribution < -0.4 is 5.32 Å². The van der Waals surface area contributed by atoms with E-state index in [2.05, 4.69) is 94.5 Å². The van der Waals surface area contributed by atoms with E-state index in [0.29, 0.717) is 0 Å². The van der Waals surface area contributed by atoms with Gasteiger partial charge in [-0.2, -0.15) is 0 Å². The van der Waals surface area contributed by atoms with Gasteiger partial charge in [0.25, 0.3) is 0 Å². The SMILES string of the molecule is CCc1nc2ccccc2n1Cc1ccc2c(c1)CCc1cc(CN3CC=CCC3)ccc1N2. The number of aromatic nitrogens is 2. The van der Waals surface area contributed by atoms with Crippen LogP contribution in [0.2, 0.25) is 0 Å². The molecule has 0 unspecified atom stereocenters. The Kier molecular flexibility index (Phi) is 5.68. The van der Waals surface area contributed by atoms with Crippen LogP contribution in [0, 0.1) is 0 Å². The molecular weight excluding hydrogens is 416 g/mol. The number of benzene rings is 3. The molecule has 6 rings (SSSR count). The highest BCUT2D eigenvalue weighted by Gasteiger charge is 2.16. The van der Waals surface area contributed by atoms with Crippen LogP contribution in [0.1, 0.15) is 41.4 Å². The summed E-state index contributed by atoms with van der Waals surface area (Å²) in [5.74, 6) is 1.15.